The molecule has 0 fully saturated rings. The van der Waals surface area contributed by atoms with E-state index in [2.05, 4.69) is 22.9 Å². The van der Waals surface area contributed by atoms with Gasteiger partial charge in [-0.25, -0.2) is 0 Å². The third-order valence-electron chi connectivity index (χ3n) is 6.78. The average molecular weight is 578 g/mol. The highest BCUT2D eigenvalue weighted by Gasteiger charge is 2.19. The quantitative estimate of drug-likeness (QED) is 0.135. The molecule has 1 unspecified atom stereocenters. The zero-order valence-electron chi connectivity index (χ0n) is 24.2. The number of aryl methyl sites for hydroxylation is 3. The average Bonchev–Trinajstić information content (AvgIpc) is 2.99. The van der Waals surface area contributed by atoms with Gasteiger partial charge in [0.05, 0.1) is 5.25 Å². The van der Waals surface area contributed by atoms with E-state index in [0.717, 1.165) is 39.3 Å². The number of rotatable bonds is 10. The van der Waals surface area contributed by atoms with E-state index in [4.69, 9.17) is 0 Å². The van der Waals surface area contributed by atoms with Crippen LogP contribution in [-0.4, -0.2) is 23.0 Å². The molecule has 3 amide bonds. The maximum Gasteiger partial charge on any atom is 0.272 e. The van der Waals surface area contributed by atoms with E-state index < -0.39 is 5.91 Å². The van der Waals surface area contributed by atoms with Crippen molar-refractivity contribution < 1.29 is 14.4 Å². The molecule has 0 bridgehead atoms. The number of nitrogens with one attached hydrogen (secondary N) is 3. The maximum atomic E-state index is 13.5. The largest absolute Gasteiger partial charge is 0.325 e. The summed E-state index contributed by atoms with van der Waals surface area (Å²) in [6.45, 7) is 7.86. The Morgan fingerprint density at radius 3 is 2.24 bits per heavy atom. The molecule has 42 heavy (non-hydrogen) atoms. The van der Waals surface area contributed by atoms with Crippen LogP contribution >= 0.6 is 11.8 Å². The predicted octanol–water partition coefficient (Wildman–Crippen LogP) is 7.39. The number of thioether (sulfide) groups is 1. The van der Waals surface area contributed by atoms with Crippen LogP contribution in [0.2, 0.25) is 0 Å². The normalized spacial score (nSPS) is 11.9. The van der Waals surface area contributed by atoms with E-state index in [1.54, 1.807) is 36.4 Å². The van der Waals surface area contributed by atoms with Crippen molar-refractivity contribution in [3.05, 3.63) is 131 Å². The third kappa shape index (κ3) is 7.98. The molecule has 0 aliphatic rings. The Bertz CT molecular complexity index is 1620. The fourth-order valence-electron chi connectivity index (χ4n) is 4.38. The van der Waals surface area contributed by atoms with Crippen LogP contribution < -0.4 is 16.0 Å². The molecule has 3 N–H and O–H groups in total. The van der Waals surface area contributed by atoms with Crippen molar-refractivity contribution in [2.24, 2.45) is 0 Å². The first-order valence-electron chi connectivity index (χ1n) is 13.9. The second-order valence-corrected chi connectivity index (χ2v) is 11.3. The molecule has 0 aromatic heterocycles. The van der Waals surface area contributed by atoms with Gasteiger partial charge in [0, 0.05) is 21.8 Å². The number of carbonyl (C=O) groups excluding carboxylic acids is 3. The van der Waals surface area contributed by atoms with Crippen molar-refractivity contribution in [2.75, 3.05) is 10.6 Å². The van der Waals surface area contributed by atoms with Gasteiger partial charge in [0.1, 0.15) is 5.70 Å². The Morgan fingerprint density at radius 2 is 1.50 bits per heavy atom. The van der Waals surface area contributed by atoms with Crippen LogP contribution in [0.3, 0.4) is 0 Å². The molecule has 6 nitrogen and oxygen atoms in total. The summed E-state index contributed by atoms with van der Waals surface area (Å²) in [6.07, 6.45) is 2.50. The highest BCUT2D eigenvalue weighted by atomic mass is 32.2. The molecule has 4 aromatic carbocycles. The summed E-state index contributed by atoms with van der Waals surface area (Å²) in [6, 6.07) is 29.7. The predicted molar refractivity (Wildman–Crippen MR) is 173 cm³/mol. The standard InChI is InChI=1S/C35H35N3O3S/c1-5-26-18-11-14-24(3)32(26)38-33(39)25(4)42-30-20-12-19-29(22-30)36-35(41)31(21-28-17-10-9-13-23(28)2)37-34(40)27-15-7-6-8-16-27/h6-22,25H,5H2,1-4H3,(H,36,41)(H,37,40)(H,38,39)/b31-21-. The van der Waals surface area contributed by atoms with Gasteiger partial charge >= 0.3 is 0 Å². The molecule has 0 spiro atoms. The zero-order chi connectivity index (χ0) is 30.1. The summed E-state index contributed by atoms with van der Waals surface area (Å²) in [4.78, 5) is 40.3. The molecule has 0 radical (unpaired) electrons. The first-order valence-corrected chi connectivity index (χ1v) is 14.7. The van der Waals surface area contributed by atoms with Gasteiger partial charge in [0.15, 0.2) is 0 Å². The molecule has 4 rings (SSSR count). The topological polar surface area (TPSA) is 87.3 Å². The highest BCUT2D eigenvalue weighted by molar-refractivity contribution is 8.00. The van der Waals surface area contributed by atoms with E-state index in [-0.39, 0.29) is 22.8 Å². The smallest absolute Gasteiger partial charge is 0.272 e. The van der Waals surface area contributed by atoms with Crippen LogP contribution in [0, 0.1) is 13.8 Å². The van der Waals surface area contributed by atoms with Crippen molar-refractivity contribution >= 4 is 46.9 Å². The molecule has 0 saturated carbocycles. The van der Waals surface area contributed by atoms with Gasteiger partial charge in [-0.05, 0) is 85.9 Å². The fraction of sp³-hybridized carbons (Fsp3) is 0.171. The van der Waals surface area contributed by atoms with Crippen LogP contribution in [0.1, 0.15) is 46.5 Å². The van der Waals surface area contributed by atoms with Crippen molar-refractivity contribution in [3.63, 3.8) is 0 Å². The second-order valence-electron chi connectivity index (χ2n) is 9.93. The number of benzene rings is 4. The van der Waals surface area contributed by atoms with Crippen LogP contribution in [0.4, 0.5) is 11.4 Å². The zero-order valence-corrected chi connectivity index (χ0v) is 25.0. The van der Waals surface area contributed by atoms with Gasteiger partial charge in [-0.3, -0.25) is 14.4 Å². The van der Waals surface area contributed by atoms with E-state index in [9.17, 15) is 14.4 Å². The number of hydrogen-bond donors (Lipinski definition) is 3. The first kappa shape index (κ1) is 30.3. The summed E-state index contributed by atoms with van der Waals surface area (Å²) >= 11 is 1.40. The molecule has 0 aliphatic carbocycles. The van der Waals surface area contributed by atoms with Crippen LogP contribution in [0.25, 0.3) is 6.08 Å². The number of carbonyl (C=O) groups is 3. The summed E-state index contributed by atoms with van der Waals surface area (Å²) in [7, 11) is 0. The lowest BCUT2D eigenvalue weighted by atomic mass is 10.1. The lowest BCUT2D eigenvalue weighted by Crippen LogP contribution is -2.30. The maximum absolute atomic E-state index is 13.5. The minimum absolute atomic E-state index is 0.0921. The molecule has 0 aliphatic heterocycles. The molecule has 7 heteroatoms. The first-order chi connectivity index (χ1) is 20.2. The lowest BCUT2D eigenvalue weighted by Gasteiger charge is -2.17. The summed E-state index contributed by atoms with van der Waals surface area (Å²) < 4.78 is 0. The highest BCUT2D eigenvalue weighted by Crippen LogP contribution is 2.28. The molecule has 214 valence electrons. The molecule has 4 aromatic rings. The third-order valence-corrected chi connectivity index (χ3v) is 7.87. The van der Waals surface area contributed by atoms with E-state index in [1.165, 1.54) is 11.8 Å². The van der Waals surface area contributed by atoms with Crippen LogP contribution in [0.15, 0.2) is 108 Å². The molecular weight excluding hydrogens is 542 g/mol. The minimum Gasteiger partial charge on any atom is -0.325 e. The Kier molecular flexibility index (Phi) is 10.3. The molecule has 1 atom stereocenters. The van der Waals surface area contributed by atoms with Crippen molar-refractivity contribution in [2.45, 2.75) is 44.3 Å². The number of amides is 3. The summed E-state index contributed by atoms with van der Waals surface area (Å²) in [5.41, 5.74) is 5.90. The van der Waals surface area contributed by atoms with E-state index >= 15 is 0 Å². The van der Waals surface area contributed by atoms with Crippen molar-refractivity contribution in [1.29, 1.82) is 0 Å². The van der Waals surface area contributed by atoms with Gasteiger partial charge in [0.25, 0.3) is 11.8 Å². The SMILES string of the molecule is CCc1cccc(C)c1NC(=O)C(C)Sc1cccc(NC(=O)/C(=C/c2ccccc2C)NC(=O)c2ccccc2)c1. The van der Waals surface area contributed by atoms with Crippen LogP contribution in [-0.2, 0) is 16.0 Å². The van der Waals surface area contributed by atoms with E-state index in [0.29, 0.717) is 11.3 Å². The van der Waals surface area contributed by atoms with Gasteiger partial charge < -0.3 is 16.0 Å². The Hall–Kier alpha value is -4.62. The van der Waals surface area contributed by atoms with Gasteiger partial charge in [-0.2, -0.15) is 0 Å². The Balaban J connectivity index is 1.49. The van der Waals surface area contributed by atoms with E-state index in [1.807, 2.05) is 87.5 Å². The fourth-order valence-corrected chi connectivity index (χ4v) is 5.30. The molecular formula is C35H35N3O3S. The van der Waals surface area contributed by atoms with Gasteiger partial charge in [-0.1, -0.05) is 73.7 Å². The number of para-hydroxylation sites is 1. The lowest BCUT2D eigenvalue weighted by molar-refractivity contribution is -0.115. The second kappa shape index (κ2) is 14.3. The van der Waals surface area contributed by atoms with Crippen molar-refractivity contribution in [3.8, 4) is 0 Å². The summed E-state index contributed by atoms with van der Waals surface area (Å²) in [5, 5.41) is 8.41. The molecule has 0 heterocycles. The Labute approximate surface area is 251 Å². The van der Waals surface area contributed by atoms with Crippen molar-refractivity contribution in [1.82, 2.24) is 5.32 Å². The van der Waals surface area contributed by atoms with Gasteiger partial charge in [-0.15, -0.1) is 11.8 Å². The van der Waals surface area contributed by atoms with Gasteiger partial charge in [0.2, 0.25) is 5.91 Å². The number of anilines is 2. The Morgan fingerprint density at radius 1 is 0.810 bits per heavy atom. The monoisotopic (exact) mass is 577 g/mol. The minimum atomic E-state index is -0.456. The summed E-state index contributed by atoms with van der Waals surface area (Å²) in [5.74, 6) is -0.928. The number of hydrogen-bond acceptors (Lipinski definition) is 4. The molecule has 0 saturated heterocycles. The van der Waals surface area contributed by atoms with Crippen LogP contribution in [0.5, 0.6) is 0 Å².